The maximum atomic E-state index is 10.1. The van der Waals surface area contributed by atoms with Crippen LogP contribution in [0.5, 0.6) is 5.88 Å². The molecule has 2 aromatic rings. The number of nitrogens with zero attached hydrogens (tertiary/aromatic N) is 4. The molecule has 2 rings (SSSR count). The third-order valence-electron chi connectivity index (χ3n) is 2.53. The van der Waals surface area contributed by atoms with Crippen LogP contribution in [0.2, 0.25) is 0 Å². The molecule has 0 bridgehead atoms. The molecule has 0 saturated carbocycles. The Morgan fingerprint density at radius 2 is 2.29 bits per heavy atom. The maximum Gasteiger partial charge on any atom is 0.218 e. The fraction of sp³-hybridized carbons (Fsp3) is 0.364. The van der Waals surface area contributed by atoms with Crippen LogP contribution in [-0.4, -0.2) is 32.0 Å². The van der Waals surface area contributed by atoms with Gasteiger partial charge in [0.1, 0.15) is 12.2 Å². The van der Waals surface area contributed by atoms with Gasteiger partial charge < -0.3 is 9.84 Å². The number of rotatable bonds is 4. The van der Waals surface area contributed by atoms with E-state index in [9.17, 15) is 5.11 Å². The molecule has 1 atom stereocenters. The summed E-state index contributed by atoms with van der Waals surface area (Å²) in [7, 11) is 3.32. The molecular weight excluding hydrogens is 220 g/mol. The molecule has 0 spiro atoms. The van der Waals surface area contributed by atoms with Crippen molar-refractivity contribution in [3.05, 3.63) is 36.0 Å². The summed E-state index contributed by atoms with van der Waals surface area (Å²) in [5, 5.41) is 14.1. The van der Waals surface area contributed by atoms with E-state index in [2.05, 4.69) is 15.1 Å². The summed E-state index contributed by atoms with van der Waals surface area (Å²) in [6, 6.07) is 3.55. The summed E-state index contributed by atoms with van der Waals surface area (Å²) in [5.74, 6) is 1.14. The summed E-state index contributed by atoms with van der Waals surface area (Å²) < 4.78 is 6.73. The third kappa shape index (κ3) is 2.42. The second-order valence-corrected chi connectivity index (χ2v) is 3.62. The largest absolute Gasteiger partial charge is 0.481 e. The van der Waals surface area contributed by atoms with Gasteiger partial charge in [0.05, 0.1) is 13.2 Å². The van der Waals surface area contributed by atoms with Gasteiger partial charge in [-0.25, -0.2) is 9.97 Å². The summed E-state index contributed by atoms with van der Waals surface area (Å²) in [4.78, 5) is 8.11. The van der Waals surface area contributed by atoms with E-state index in [0.29, 0.717) is 23.7 Å². The van der Waals surface area contributed by atoms with E-state index >= 15 is 0 Å². The molecule has 0 radical (unpaired) electrons. The summed E-state index contributed by atoms with van der Waals surface area (Å²) in [6.07, 6.45) is 2.75. The molecule has 0 aliphatic heterocycles. The Balaban J connectivity index is 2.20. The van der Waals surface area contributed by atoms with Crippen LogP contribution in [-0.2, 0) is 13.5 Å². The van der Waals surface area contributed by atoms with Gasteiger partial charge in [-0.1, -0.05) is 0 Å². The Hall–Kier alpha value is -1.95. The number of pyridine rings is 1. The highest BCUT2D eigenvalue weighted by atomic mass is 16.5. The van der Waals surface area contributed by atoms with Crippen LogP contribution in [0, 0.1) is 0 Å². The van der Waals surface area contributed by atoms with Crippen LogP contribution >= 0.6 is 0 Å². The van der Waals surface area contributed by atoms with Gasteiger partial charge in [0.15, 0.2) is 0 Å². The van der Waals surface area contributed by atoms with Crippen LogP contribution in [0.1, 0.15) is 17.5 Å². The Bertz CT molecular complexity index is 498. The van der Waals surface area contributed by atoms with Gasteiger partial charge in [-0.05, 0) is 12.1 Å². The fourth-order valence-electron chi connectivity index (χ4n) is 1.62. The van der Waals surface area contributed by atoms with Gasteiger partial charge in [0, 0.05) is 25.2 Å². The molecule has 0 aromatic carbocycles. The molecular formula is C11H14N4O2. The zero-order valence-corrected chi connectivity index (χ0v) is 9.74. The molecule has 6 nitrogen and oxygen atoms in total. The Morgan fingerprint density at radius 3 is 2.94 bits per heavy atom. The molecule has 17 heavy (non-hydrogen) atoms. The SMILES string of the molecule is COc1ncccc1C(O)Cc1ncnn1C. The van der Waals surface area contributed by atoms with Crippen LogP contribution in [0.3, 0.4) is 0 Å². The maximum absolute atomic E-state index is 10.1. The fourth-order valence-corrected chi connectivity index (χ4v) is 1.62. The second-order valence-electron chi connectivity index (χ2n) is 3.62. The van der Waals surface area contributed by atoms with Crippen molar-refractivity contribution < 1.29 is 9.84 Å². The Kier molecular flexibility index (Phi) is 3.34. The number of aromatic nitrogens is 4. The van der Waals surface area contributed by atoms with Crippen LogP contribution in [0.25, 0.3) is 0 Å². The molecule has 1 unspecified atom stereocenters. The molecule has 0 saturated heterocycles. The highest BCUT2D eigenvalue weighted by Crippen LogP contribution is 2.24. The zero-order chi connectivity index (χ0) is 12.3. The number of aliphatic hydroxyl groups excluding tert-OH is 1. The minimum atomic E-state index is -0.707. The van der Waals surface area contributed by atoms with E-state index in [1.165, 1.54) is 13.4 Å². The lowest BCUT2D eigenvalue weighted by Gasteiger charge is -2.12. The summed E-state index contributed by atoms with van der Waals surface area (Å²) >= 11 is 0. The molecule has 90 valence electrons. The average molecular weight is 234 g/mol. The van der Waals surface area contributed by atoms with E-state index in [0.717, 1.165) is 0 Å². The average Bonchev–Trinajstić information content (AvgIpc) is 2.75. The normalized spacial score (nSPS) is 12.4. The van der Waals surface area contributed by atoms with Gasteiger partial charge >= 0.3 is 0 Å². The summed E-state index contributed by atoms with van der Waals surface area (Å²) in [5.41, 5.74) is 0.651. The molecule has 2 aromatic heterocycles. The number of aryl methyl sites for hydroxylation is 1. The molecule has 0 fully saturated rings. The molecule has 6 heteroatoms. The van der Waals surface area contributed by atoms with E-state index in [1.54, 1.807) is 30.1 Å². The van der Waals surface area contributed by atoms with Crippen molar-refractivity contribution in [1.82, 2.24) is 19.7 Å². The van der Waals surface area contributed by atoms with Crippen molar-refractivity contribution in [3.8, 4) is 5.88 Å². The first-order chi connectivity index (χ1) is 8.22. The van der Waals surface area contributed by atoms with Crippen LogP contribution in [0.15, 0.2) is 24.7 Å². The van der Waals surface area contributed by atoms with Crippen molar-refractivity contribution in [2.24, 2.45) is 7.05 Å². The monoisotopic (exact) mass is 234 g/mol. The molecule has 0 amide bonds. The molecule has 2 heterocycles. The lowest BCUT2D eigenvalue weighted by atomic mass is 10.1. The van der Waals surface area contributed by atoms with E-state index in [-0.39, 0.29) is 0 Å². The molecule has 0 aliphatic carbocycles. The van der Waals surface area contributed by atoms with Crippen LogP contribution in [0.4, 0.5) is 0 Å². The first-order valence-corrected chi connectivity index (χ1v) is 5.22. The molecule has 0 aliphatic rings. The smallest absolute Gasteiger partial charge is 0.218 e. The van der Waals surface area contributed by atoms with Crippen molar-refractivity contribution in [3.63, 3.8) is 0 Å². The highest BCUT2D eigenvalue weighted by Gasteiger charge is 2.16. The predicted molar refractivity (Wildman–Crippen MR) is 60.5 cm³/mol. The first-order valence-electron chi connectivity index (χ1n) is 5.22. The highest BCUT2D eigenvalue weighted by molar-refractivity contribution is 5.28. The van der Waals surface area contributed by atoms with Gasteiger partial charge in [-0.15, -0.1) is 0 Å². The predicted octanol–water partition coefficient (Wildman–Crippen LogP) is 0.495. The summed E-state index contributed by atoms with van der Waals surface area (Å²) in [6.45, 7) is 0. The number of ether oxygens (including phenoxy) is 1. The number of methoxy groups -OCH3 is 1. The third-order valence-corrected chi connectivity index (χ3v) is 2.53. The van der Waals surface area contributed by atoms with Crippen molar-refractivity contribution in [2.45, 2.75) is 12.5 Å². The lowest BCUT2D eigenvalue weighted by molar-refractivity contribution is 0.169. The minimum Gasteiger partial charge on any atom is -0.481 e. The first kappa shape index (κ1) is 11.5. The molecule has 1 N–H and O–H groups in total. The lowest BCUT2D eigenvalue weighted by Crippen LogP contribution is -2.09. The number of aliphatic hydroxyl groups is 1. The quantitative estimate of drug-likeness (QED) is 0.833. The minimum absolute atomic E-state index is 0.374. The van der Waals surface area contributed by atoms with Crippen LogP contribution < -0.4 is 4.74 Å². The van der Waals surface area contributed by atoms with Gasteiger partial charge in [-0.3, -0.25) is 4.68 Å². The van der Waals surface area contributed by atoms with E-state index in [1.807, 2.05) is 0 Å². The second kappa shape index (κ2) is 4.92. The van der Waals surface area contributed by atoms with Gasteiger partial charge in [-0.2, -0.15) is 5.10 Å². The Labute approximate surface area is 98.9 Å². The van der Waals surface area contributed by atoms with E-state index in [4.69, 9.17) is 4.74 Å². The van der Waals surface area contributed by atoms with Crippen molar-refractivity contribution in [1.29, 1.82) is 0 Å². The van der Waals surface area contributed by atoms with E-state index < -0.39 is 6.10 Å². The topological polar surface area (TPSA) is 73.1 Å². The van der Waals surface area contributed by atoms with Crippen molar-refractivity contribution in [2.75, 3.05) is 7.11 Å². The standard InChI is InChI=1S/C11H14N4O2/c1-15-10(13-7-14-15)6-9(16)8-4-3-5-12-11(8)17-2/h3-5,7,9,16H,6H2,1-2H3. The van der Waals surface area contributed by atoms with Gasteiger partial charge in [0.2, 0.25) is 5.88 Å². The number of hydrogen-bond donors (Lipinski definition) is 1. The van der Waals surface area contributed by atoms with Gasteiger partial charge in [0.25, 0.3) is 0 Å². The van der Waals surface area contributed by atoms with Crippen molar-refractivity contribution >= 4 is 0 Å². The zero-order valence-electron chi connectivity index (χ0n) is 9.74. The Morgan fingerprint density at radius 1 is 1.47 bits per heavy atom. The number of hydrogen-bond acceptors (Lipinski definition) is 5.